The third kappa shape index (κ3) is 1.57. The number of fused-ring (bicyclic) bond motifs is 1. The molecule has 0 aliphatic rings. The number of thiophene rings is 1. The van der Waals surface area contributed by atoms with Crippen molar-refractivity contribution in [2.75, 3.05) is 5.73 Å². The van der Waals surface area contributed by atoms with E-state index in [1.165, 1.54) is 11.3 Å². The van der Waals surface area contributed by atoms with Gasteiger partial charge in [-0.15, -0.1) is 11.3 Å². The van der Waals surface area contributed by atoms with Crippen LogP contribution in [0.5, 0.6) is 0 Å². The zero-order valence-corrected chi connectivity index (χ0v) is 9.15. The lowest BCUT2D eigenvalue weighted by Crippen LogP contribution is -1.81. The highest BCUT2D eigenvalue weighted by Crippen LogP contribution is 2.33. The molecule has 0 saturated carbocycles. The first kappa shape index (κ1) is 8.99. The number of aliphatic hydroxyl groups is 1. The molecule has 1 aromatic carbocycles. The van der Waals surface area contributed by atoms with Gasteiger partial charge in [0.2, 0.25) is 0 Å². The number of nitrogen functional groups attached to an aromatic ring is 1. The van der Waals surface area contributed by atoms with E-state index < -0.39 is 0 Å². The van der Waals surface area contributed by atoms with Crippen LogP contribution in [-0.4, -0.2) is 5.11 Å². The van der Waals surface area contributed by atoms with E-state index in [0.717, 1.165) is 25.1 Å². The molecule has 0 bridgehead atoms. The molecule has 3 N–H and O–H groups in total. The van der Waals surface area contributed by atoms with Crippen LogP contribution in [0.3, 0.4) is 0 Å². The van der Waals surface area contributed by atoms with E-state index in [9.17, 15) is 0 Å². The number of rotatable bonds is 1. The van der Waals surface area contributed by atoms with Crippen molar-refractivity contribution in [1.29, 1.82) is 0 Å². The summed E-state index contributed by atoms with van der Waals surface area (Å²) in [6, 6.07) is 5.81. The Bertz CT molecular complexity index is 452. The lowest BCUT2D eigenvalue weighted by molar-refractivity contribution is 0.282. The first-order chi connectivity index (χ1) is 6.20. The molecule has 0 unspecified atom stereocenters. The smallest absolute Gasteiger partial charge is 0.0869 e. The molecule has 2 nitrogen and oxygen atoms in total. The molecule has 0 aliphatic carbocycles. The minimum atomic E-state index is 0.0618. The van der Waals surface area contributed by atoms with Gasteiger partial charge in [-0.3, -0.25) is 0 Å². The number of halogens is 1. The molecule has 0 fully saturated rings. The quantitative estimate of drug-likeness (QED) is 0.826. The van der Waals surface area contributed by atoms with Gasteiger partial charge in [-0.1, -0.05) is 15.9 Å². The van der Waals surface area contributed by atoms with Crippen LogP contribution in [-0.2, 0) is 6.61 Å². The summed E-state index contributed by atoms with van der Waals surface area (Å²) in [5.74, 6) is 0. The van der Waals surface area contributed by atoms with E-state index in [1.807, 2.05) is 18.2 Å². The summed E-state index contributed by atoms with van der Waals surface area (Å²) in [5, 5.41) is 10.9. The molecule has 1 aromatic heterocycles. The minimum Gasteiger partial charge on any atom is -0.392 e. The van der Waals surface area contributed by atoms with E-state index >= 15 is 0 Å². The standard InChI is InChI=1S/C9H8BrNOS/c10-7-1-5(4-12)2-8-6(7)3-9(11)13-8/h1-3,12H,4,11H2. The number of hydrogen-bond donors (Lipinski definition) is 2. The molecule has 2 rings (SSSR count). The average Bonchev–Trinajstić information content (AvgIpc) is 2.46. The Morgan fingerprint density at radius 2 is 2.15 bits per heavy atom. The lowest BCUT2D eigenvalue weighted by atomic mass is 10.2. The van der Waals surface area contributed by atoms with Crippen LogP contribution in [0, 0.1) is 0 Å². The highest BCUT2D eigenvalue weighted by atomic mass is 79.9. The molecule has 0 aliphatic heterocycles. The molecule has 0 saturated heterocycles. The summed E-state index contributed by atoms with van der Waals surface area (Å²) >= 11 is 4.97. The van der Waals surface area contributed by atoms with Crippen LogP contribution in [0.25, 0.3) is 10.1 Å². The van der Waals surface area contributed by atoms with Crippen molar-refractivity contribution in [2.24, 2.45) is 0 Å². The molecule has 0 atom stereocenters. The topological polar surface area (TPSA) is 46.2 Å². The van der Waals surface area contributed by atoms with Crippen LogP contribution in [0.1, 0.15) is 5.56 Å². The SMILES string of the molecule is Nc1cc2c(Br)cc(CO)cc2s1. The average molecular weight is 258 g/mol. The molecule has 0 radical (unpaired) electrons. The molecule has 0 amide bonds. The normalized spacial score (nSPS) is 10.9. The molecular weight excluding hydrogens is 250 g/mol. The van der Waals surface area contributed by atoms with Crippen LogP contribution in [0.2, 0.25) is 0 Å². The largest absolute Gasteiger partial charge is 0.392 e. The van der Waals surface area contributed by atoms with Gasteiger partial charge in [0.1, 0.15) is 0 Å². The van der Waals surface area contributed by atoms with Crippen molar-refractivity contribution in [2.45, 2.75) is 6.61 Å². The first-order valence-corrected chi connectivity index (χ1v) is 5.40. The second-order valence-electron chi connectivity index (χ2n) is 2.80. The number of nitrogens with two attached hydrogens (primary N) is 1. The Balaban J connectivity index is 2.75. The first-order valence-electron chi connectivity index (χ1n) is 3.79. The Morgan fingerprint density at radius 1 is 1.38 bits per heavy atom. The maximum atomic E-state index is 8.98. The van der Waals surface area contributed by atoms with E-state index in [-0.39, 0.29) is 6.61 Å². The molecular formula is C9H8BrNOS. The Hall–Kier alpha value is -0.580. The fourth-order valence-electron chi connectivity index (χ4n) is 1.26. The molecule has 0 spiro atoms. The predicted octanol–water partition coefficient (Wildman–Crippen LogP) is 2.74. The third-order valence-corrected chi connectivity index (χ3v) is 3.42. The van der Waals surface area contributed by atoms with Crippen molar-refractivity contribution < 1.29 is 5.11 Å². The Kier molecular flexibility index (Phi) is 2.27. The highest BCUT2D eigenvalue weighted by Gasteiger charge is 2.04. The second-order valence-corrected chi connectivity index (χ2v) is 4.77. The van der Waals surface area contributed by atoms with Crippen molar-refractivity contribution in [3.05, 3.63) is 28.2 Å². The van der Waals surface area contributed by atoms with Gasteiger partial charge in [-0.05, 0) is 23.8 Å². The van der Waals surface area contributed by atoms with Crippen LogP contribution in [0.15, 0.2) is 22.7 Å². The van der Waals surface area contributed by atoms with Crippen LogP contribution in [0.4, 0.5) is 5.00 Å². The van der Waals surface area contributed by atoms with Crippen molar-refractivity contribution in [3.8, 4) is 0 Å². The number of anilines is 1. The highest BCUT2D eigenvalue weighted by molar-refractivity contribution is 9.10. The number of aliphatic hydroxyl groups excluding tert-OH is 1. The van der Waals surface area contributed by atoms with Crippen molar-refractivity contribution in [3.63, 3.8) is 0 Å². The summed E-state index contributed by atoms with van der Waals surface area (Å²) in [6.45, 7) is 0.0618. The van der Waals surface area contributed by atoms with E-state index in [2.05, 4.69) is 15.9 Å². The zero-order valence-electron chi connectivity index (χ0n) is 6.75. The van der Waals surface area contributed by atoms with Crippen LogP contribution >= 0.6 is 27.3 Å². The van der Waals surface area contributed by atoms with Gasteiger partial charge in [0.05, 0.1) is 11.6 Å². The maximum absolute atomic E-state index is 8.98. The predicted molar refractivity (Wildman–Crippen MR) is 59.9 cm³/mol. The second kappa shape index (κ2) is 3.29. The summed E-state index contributed by atoms with van der Waals surface area (Å²) in [5.41, 5.74) is 6.59. The van der Waals surface area contributed by atoms with Crippen molar-refractivity contribution >= 4 is 42.4 Å². The fraction of sp³-hybridized carbons (Fsp3) is 0.111. The van der Waals surface area contributed by atoms with E-state index in [1.54, 1.807) is 0 Å². The number of hydrogen-bond acceptors (Lipinski definition) is 3. The molecule has 4 heteroatoms. The van der Waals surface area contributed by atoms with Gasteiger partial charge in [-0.25, -0.2) is 0 Å². The van der Waals surface area contributed by atoms with Gasteiger partial charge in [0, 0.05) is 14.6 Å². The van der Waals surface area contributed by atoms with Gasteiger partial charge < -0.3 is 10.8 Å². The molecule has 68 valence electrons. The minimum absolute atomic E-state index is 0.0618. The van der Waals surface area contributed by atoms with E-state index in [4.69, 9.17) is 10.8 Å². The van der Waals surface area contributed by atoms with E-state index in [0.29, 0.717) is 0 Å². The van der Waals surface area contributed by atoms with Crippen LogP contribution < -0.4 is 5.73 Å². The Morgan fingerprint density at radius 3 is 2.85 bits per heavy atom. The van der Waals surface area contributed by atoms with Gasteiger partial charge in [0.15, 0.2) is 0 Å². The molecule has 1 heterocycles. The third-order valence-electron chi connectivity index (χ3n) is 1.85. The maximum Gasteiger partial charge on any atom is 0.0869 e. The summed E-state index contributed by atoms with van der Waals surface area (Å²) < 4.78 is 2.10. The monoisotopic (exact) mass is 257 g/mol. The summed E-state index contributed by atoms with van der Waals surface area (Å²) in [7, 11) is 0. The Labute approximate surface area is 88.1 Å². The zero-order chi connectivity index (χ0) is 9.42. The van der Waals surface area contributed by atoms with Gasteiger partial charge in [0.25, 0.3) is 0 Å². The summed E-state index contributed by atoms with van der Waals surface area (Å²) in [6.07, 6.45) is 0. The summed E-state index contributed by atoms with van der Waals surface area (Å²) in [4.78, 5) is 0. The molecule has 13 heavy (non-hydrogen) atoms. The van der Waals surface area contributed by atoms with Gasteiger partial charge in [-0.2, -0.15) is 0 Å². The number of benzene rings is 1. The molecule has 2 aromatic rings. The lowest BCUT2D eigenvalue weighted by Gasteiger charge is -1.98. The fourth-order valence-corrected chi connectivity index (χ4v) is 2.93. The van der Waals surface area contributed by atoms with Crippen molar-refractivity contribution in [1.82, 2.24) is 0 Å². The van der Waals surface area contributed by atoms with Gasteiger partial charge >= 0.3 is 0 Å².